The molecule has 8 heteroatoms. The van der Waals surface area contributed by atoms with Gasteiger partial charge in [0, 0.05) is 67.1 Å². The topological polar surface area (TPSA) is 100 Å². The molecule has 0 radical (unpaired) electrons. The number of carbonyl (C=O) groups is 1. The molecule has 0 unspecified atom stereocenters. The average molecular weight is 597 g/mol. The molecule has 0 saturated heterocycles. The first-order chi connectivity index (χ1) is 22.0. The van der Waals surface area contributed by atoms with Crippen LogP contribution in [0.3, 0.4) is 0 Å². The average Bonchev–Trinajstić information content (AvgIpc) is 3.64. The minimum atomic E-state index is -0.261. The molecule has 4 aromatic carbocycles. The third-order valence-electron chi connectivity index (χ3n) is 8.69. The van der Waals surface area contributed by atoms with E-state index in [9.17, 15) is 9.59 Å². The number of hydrogen-bond acceptors (Lipinski definition) is 5. The van der Waals surface area contributed by atoms with E-state index in [2.05, 4.69) is 81.2 Å². The predicted octanol–water partition coefficient (Wildman–Crippen LogP) is 6.01. The molecule has 1 aliphatic heterocycles. The number of aromatic amines is 1. The maximum Gasteiger partial charge on any atom is 0.275 e. The number of nitrogens with one attached hydrogen (secondary N) is 1. The van der Waals surface area contributed by atoms with Crippen molar-refractivity contribution in [2.24, 2.45) is 5.73 Å². The van der Waals surface area contributed by atoms with Gasteiger partial charge in [0.1, 0.15) is 5.69 Å². The molecule has 226 valence electrons. The van der Waals surface area contributed by atoms with Crippen LogP contribution in [0.5, 0.6) is 0 Å². The summed E-state index contributed by atoms with van der Waals surface area (Å²) in [5.74, 6) is -0.00492. The molecule has 0 aliphatic carbocycles. The summed E-state index contributed by atoms with van der Waals surface area (Å²) in [5.41, 5.74) is 14.6. The van der Waals surface area contributed by atoms with Gasteiger partial charge in [-0.25, -0.2) is 4.98 Å². The number of nitrogens with zero attached hydrogens (tertiary/aromatic N) is 4. The third kappa shape index (κ3) is 5.60. The molecule has 3 N–H and O–H groups in total. The van der Waals surface area contributed by atoms with Crippen molar-refractivity contribution in [3.8, 4) is 11.3 Å². The second kappa shape index (κ2) is 12.1. The number of rotatable bonds is 9. The van der Waals surface area contributed by atoms with Gasteiger partial charge >= 0.3 is 0 Å². The Balaban J connectivity index is 1.36. The highest BCUT2D eigenvalue weighted by molar-refractivity contribution is 5.99. The Morgan fingerprint density at radius 3 is 2.33 bits per heavy atom. The van der Waals surface area contributed by atoms with Crippen LogP contribution in [-0.4, -0.2) is 33.5 Å². The molecule has 2 aromatic heterocycles. The summed E-state index contributed by atoms with van der Waals surface area (Å²) in [5, 5.41) is 0.969. The standard InChI is InChI=1S/C37H36N6O2/c1-25(44)43-18-15-28-19-32-33(21-35(28)43)40-37(45)36(39-32)31-24-41(17-8-16-38)34-14-13-29(20-30(31)34)42(22-26-9-4-2-5-10-26)23-27-11-6-3-7-12-27/h2-7,9-14,19-21,24H,8,15-18,22-23,38H2,1H3,(H,40,45). The zero-order chi connectivity index (χ0) is 30.9. The molecule has 45 heavy (non-hydrogen) atoms. The summed E-state index contributed by atoms with van der Waals surface area (Å²) in [7, 11) is 0. The second-order valence-corrected chi connectivity index (χ2v) is 11.7. The van der Waals surface area contributed by atoms with E-state index in [1.165, 1.54) is 11.1 Å². The van der Waals surface area contributed by atoms with Crippen molar-refractivity contribution in [3.05, 3.63) is 124 Å². The minimum Gasteiger partial charge on any atom is -0.363 e. The van der Waals surface area contributed by atoms with Crippen molar-refractivity contribution in [1.29, 1.82) is 0 Å². The maximum atomic E-state index is 13.7. The highest BCUT2D eigenvalue weighted by Gasteiger charge is 2.24. The second-order valence-electron chi connectivity index (χ2n) is 11.7. The number of amides is 1. The van der Waals surface area contributed by atoms with Crippen molar-refractivity contribution in [1.82, 2.24) is 14.5 Å². The van der Waals surface area contributed by atoms with Crippen LogP contribution in [0.4, 0.5) is 11.4 Å². The lowest BCUT2D eigenvalue weighted by Gasteiger charge is -2.26. The van der Waals surface area contributed by atoms with E-state index in [0.29, 0.717) is 29.8 Å². The van der Waals surface area contributed by atoms with Crippen molar-refractivity contribution < 1.29 is 4.79 Å². The number of nitrogens with two attached hydrogens (primary N) is 1. The molecule has 7 rings (SSSR count). The van der Waals surface area contributed by atoms with Crippen molar-refractivity contribution in [2.45, 2.75) is 39.4 Å². The first-order valence-electron chi connectivity index (χ1n) is 15.5. The molecule has 0 atom stereocenters. The summed E-state index contributed by atoms with van der Waals surface area (Å²) < 4.78 is 2.18. The Labute approximate surface area is 261 Å². The summed E-state index contributed by atoms with van der Waals surface area (Å²) in [6.07, 6.45) is 3.62. The molecular formula is C37H36N6O2. The van der Waals surface area contributed by atoms with E-state index in [0.717, 1.165) is 65.9 Å². The van der Waals surface area contributed by atoms with Gasteiger partial charge in [0.05, 0.1) is 11.0 Å². The Morgan fingerprint density at radius 1 is 0.956 bits per heavy atom. The van der Waals surface area contributed by atoms with Gasteiger partial charge in [-0.3, -0.25) is 9.59 Å². The fourth-order valence-corrected chi connectivity index (χ4v) is 6.44. The molecule has 1 amide bonds. The zero-order valence-corrected chi connectivity index (χ0v) is 25.4. The molecule has 6 aromatic rings. The largest absolute Gasteiger partial charge is 0.363 e. The van der Waals surface area contributed by atoms with Crippen molar-refractivity contribution in [3.63, 3.8) is 0 Å². The fourth-order valence-electron chi connectivity index (χ4n) is 6.44. The van der Waals surface area contributed by atoms with Crippen molar-refractivity contribution in [2.75, 3.05) is 22.9 Å². The van der Waals surface area contributed by atoms with Crippen LogP contribution < -0.4 is 21.1 Å². The first kappa shape index (κ1) is 28.6. The van der Waals surface area contributed by atoms with Gasteiger partial charge in [-0.05, 0) is 66.4 Å². The van der Waals surface area contributed by atoms with E-state index in [1.54, 1.807) is 11.8 Å². The Morgan fingerprint density at radius 2 is 1.67 bits per heavy atom. The van der Waals surface area contributed by atoms with Crippen LogP contribution in [0.25, 0.3) is 33.2 Å². The fraction of sp³-hybridized carbons (Fsp3) is 0.216. The molecular weight excluding hydrogens is 560 g/mol. The Kier molecular flexibility index (Phi) is 7.65. The highest BCUT2D eigenvalue weighted by Crippen LogP contribution is 2.35. The lowest BCUT2D eigenvalue weighted by Crippen LogP contribution is -2.25. The summed E-state index contributed by atoms with van der Waals surface area (Å²) in [4.78, 5) is 38.0. The number of fused-ring (bicyclic) bond motifs is 3. The summed E-state index contributed by atoms with van der Waals surface area (Å²) in [6, 6.07) is 31.3. The van der Waals surface area contributed by atoms with Gasteiger partial charge in [0.15, 0.2) is 0 Å². The Hall–Kier alpha value is -5.21. The van der Waals surface area contributed by atoms with Crippen molar-refractivity contribution >= 4 is 39.2 Å². The minimum absolute atomic E-state index is 0.00492. The summed E-state index contributed by atoms with van der Waals surface area (Å²) in [6.45, 7) is 5.00. The number of hydrogen-bond donors (Lipinski definition) is 2. The van der Waals surface area contributed by atoms with Crippen LogP contribution in [0.2, 0.25) is 0 Å². The van der Waals surface area contributed by atoms with E-state index < -0.39 is 0 Å². The zero-order valence-electron chi connectivity index (χ0n) is 25.4. The molecule has 3 heterocycles. The van der Waals surface area contributed by atoms with Gasteiger partial charge in [0.2, 0.25) is 5.91 Å². The quantitative estimate of drug-likeness (QED) is 0.213. The molecule has 0 saturated carbocycles. The van der Waals surface area contributed by atoms with E-state index >= 15 is 0 Å². The lowest BCUT2D eigenvalue weighted by atomic mass is 10.1. The number of benzene rings is 4. The van der Waals surface area contributed by atoms with Crippen LogP contribution >= 0.6 is 0 Å². The van der Waals surface area contributed by atoms with E-state index in [-0.39, 0.29) is 11.5 Å². The van der Waals surface area contributed by atoms with Gasteiger partial charge in [-0.15, -0.1) is 0 Å². The number of aromatic nitrogens is 3. The number of aryl methyl sites for hydroxylation is 1. The first-order valence-corrected chi connectivity index (χ1v) is 15.5. The number of anilines is 2. The van der Waals surface area contributed by atoms with Gasteiger partial charge in [0.25, 0.3) is 5.56 Å². The lowest BCUT2D eigenvalue weighted by molar-refractivity contribution is -0.116. The third-order valence-corrected chi connectivity index (χ3v) is 8.69. The van der Waals surface area contributed by atoms with Gasteiger partial charge < -0.3 is 25.1 Å². The van der Waals surface area contributed by atoms with E-state index in [4.69, 9.17) is 10.7 Å². The Bertz CT molecular complexity index is 2020. The van der Waals surface area contributed by atoms with Gasteiger partial charge in [-0.1, -0.05) is 60.7 Å². The van der Waals surface area contributed by atoms with Gasteiger partial charge in [-0.2, -0.15) is 0 Å². The molecule has 8 nitrogen and oxygen atoms in total. The van der Waals surface area contributed by atoms with E-state index in [1.807, 2.05) is 30.5 Å². The smallest absolute Gasteiger partial charge is 0.275 e. The van der Waals surface area contributed by atoms with Crippen LogP contribution in [0.15, 0.2) is 102 Å². The number of H-pyrrole nitrogens is 1. The normalized spacial score (nSPS) is 12.6. The highest BCUT2D eigenvalue weighted by atomic mass is 16.2. The molecule has 0 spiro atoms. The number of carbonyl (C=O) groups excluding carboxylic acids is 1. The molecule has 0 fully saturated rings. The molecule has 1 aliphatic rings. The van der Waals surface area contributed by atoms with Crippen LogP contribution in [0, 0.1) is 0 Å². The SMILES string of the molecule is CC(=O)N1CCc2cc3nc(-c4cn(CCCN)c5ccc(N(Cc6ccccc6)Cc6ccccc6)cc45)c(=O)[nH]c3cc21. The predicted molar refractivity (Wildman–Crippen MR) is 181 cm³/mol. The van der Waals surface area contributed by atoms with Crippen LogP contribution in [-0.2, 0) is 30.8 Å². The molecule has 0 bridgehead atoms. The van der Waals surface area contributed by atoms with Crippen LogP contribution in [0.1, 0.15) is 30.0 Å². The maximum absolute atomic E-state index is 13.7. The summed E-state index contributed by atoms with van der Waals surface area (Å²) >= 11 is 0. The monoisotopic (exact) mass is 596 g/mol.